The van der Waals surface area contributed by atoms with Crippen molar-refractivity contribution >= 4 is 18.7 Å². The summed E-state index contributed by atoms with van der Waals surface area (Å²) in [5.41, 5.74) is 0.610. The number of carbonyl (C=O) groups is 1. The minimum absolute atomic E-state index is 0.284. The third kappa shape index (κ3) is 5.32. The molecule has 0 radical (unpaired) electrons. The van der Waals surface area contributed by atoms with Gasteiger partial charge >= 0.3 is 13.2 Å². The van der Waals surface area contributed by atoms with Crippen LogP contribution in [0.5, 0.6) is 0 Å². The van der Waals surface area contributed by atoms with Crippen molar-refractivity contribution in [3.63, 3.8) is 0 Å². The van der Waals surface area contributed by atoms with Gasteiger partial charge in [0, 0.05) is 0 Å². The highest BCUT2D eigenvalue weighted by molar-refractivity contribution is 6.58. The van der Waals surface area contributed by atoms with Crippen LogP contribution in [0.25, 0.3) is 0 Å². The van der Waals surface area contributed by atoms with Crippen LogP contribution in [-0.2, 0) is 4.74 Å². The summed E-state index contributed by atoms with van der Waals surface area (Å²) >= 11 is 0. The zero-order valence-corrected chi connectivity index (χ0v) is 11.7. The number of benzene rings is 1. The average molecular weight is 265 g/mol. The Morgan fingerprint density at radius 1 is 1.37 bits per heavy atom. The van der Waals surface area contributed by atoms with Crippen LogP contribution in [0.1, 0.15) is 39.3 Å². The van der Waals surface area contributed by atoms with E-state index in [4.69, 9.17) is 14.8 Å². The molecule has 0 aliphatic rings. The van der Waals surface area contributed by atoms with Crippen LogP contribution in [0.3, 0.4) is 0 Å². The first-order valence-electron chi connectivity index (χ1n) is 6.14. The van der Waals surface area contributed by atoms with Crippen LogP contribution in [0.4, 0.5) is 4.79 Å². The van der Waals surface area contributed by atoms with E-state index in [9.17, 15) is 4.79 Å². The Hall–Kier alpha value is -1.53. The van der Waals surface area contributed by atoms with E-state index in [1.54, 1.807) is 52.0 Å². The number of hydrogen-bond donors (Lipinski definition) is 3. The van der Waals surface area contributed by atoms with Gasteiger partial charge in [0.05, 0.1) is 6.04 Å². The molecule has 0 aliphatic heterocycles. The molecule has 1 amide bonds. The van der Waals surface area contributed by atoms with E-state index in [1.165, 1.54) is 0 Å². The largest absolute Gasteiger partial charge is 0.488 e. The number of ether oxygens (including phenoxy) is 1. The van der Waals surface area contributed by atoms with E-state index in [0.717, 1.165) is 5.56 Å². The van der Waals surface area contributed by atoms with Gasteiger partial charge in [-0.25, -0.2) is 4.79 Å². The molecule has 0 aliphatic carbocycles. The Bertz CT molecular complexity index is 443. The van der Waals surface area contributed by atoms with E-state index in [1.807, 2.05) is 0 Å². The second-order valence-corrected chi connectivity index (χ2v) is 5.41. The summed E-state index contributed by atoms with van der Waals surface area (Å²) in [7, 11) is -1.52. The smallest absolute Gasteiger partial charge is 0.444 e. The fourth-order valence-electron chi connectivity index (χ4n) is 1.56. The van der Waals surface area contributed by atoms with Gasteiger partial charge in [-0.15, -0.1) is 0 Å². The fraction of sp³-hybridized carbons (Fsp3) is 0.462. The van der Waals surface area contributed by atoms with Crippen molar-refractivity contribution in [2.45, 2.75) is 39.3 Å². The summed E-state index contributed by atoms with van der Waals surface area (Å²) in [6.07, 6.45) is -0.505. The Kier molecular flexibility index (Phi) is 4.97. The highest BCUT2D eigenvalue weighted by atomic mass is 16.6. The minimum atomic E-state index is -1.52. The van der Waals surface area contributed by atoms with Crippen LogP contribution in [0.2, 0.25) is 0 Å². The van der Waals surface area contributed by atoms with Gasteiger partial charge in [-0.2, -0.15) is 0 Å². The predicted octanol–water partition coefficient (Wildman–Crippen LogP) is 0.952. The lowest BCUT2D eigenvalue weighted by molar-refractivity contribution is 0.0508. The van der Waals surface area contributed by atoms with Gasteiger partial charge in [0.1, 0.15) is 5.60 Å². The van der Waals surface area contributed by atoms with Gasteiger partial charge in [0.25, 0.3) is 0 Å². The number of hydrogen-bond acceptors (Lipinski definition) is 4. The molecular weight excluding hydrogens is 245 g/mol. The van der Waals surface area contributed by atoms with Crippen LogP contribution >= 0.6 is 0 Å². The molecule has 0 saturated carbocycles. The second kappa shape index (κ2) is 6.08. The molecule has 0 saturated heterocycles. The van der Waals surface area contributed by atoms with Crippen molar-refractivity contribution in [1.29, 1.82) is 0 Å². The van der Waals surface area contributed by atoms with Crippen molar-refractivity contribution in [3.8, 4) is 0 Å². The molecule has 104 valence electrons. The van der Waals surface area contributed by atoms with E-state index in [-0.39, 0.29) is 6.04 Å². The van der Waals surface area contributed by atoms with Crippen molar-refractivity contribution in [2.75, 3.05) is 0 Å². The van der Waals surface area contributed by atoms with E-state index >= 15 is 0 Å². The molecule has 5 nitrogen and oxygen atoms in total. The Labute approximate surface area is 113 Å². The Morgan fingerprint density at radius 2 is 2.00 bits per heavy atom. The maximum absolute atomic E-state index is 11.6. The first kappa shape index (κ1) is 15.5. The molecule has 1 atom stereocenters. The molecule has 0 unspecified atom stereocenters. The number of nitrogens with one attached hydrogen (secondary N) is 1. The number of carbonyl (C=O) groups excluding carboxylic acids is 1. The maximum Gasteiger partial charge on any atom is 0.488 e. The first-order chi connectivity index (χ1) is 8.69. The quantitative estimate of drug-likeness (QED) is 0.711. The molecular formula is C13H20BNO4. The molecule has 6 heteroatoms. The lowest BCUT2D eigenvalue weighted by Gasteiger charge is -2.22. The predicted molar refractivity (Wildman–Crippen MR) is 74.1 cm³/mol. The van der Waals surface area contributed by atoms with Crippen LogP contribution in [0, 0.1) is 0 Å². The monoisotopic (exact) mass is 265 g/mol. The van der Waals surface area contributed by atoms with Gasteiger partial charge in [-0.1, -0.05) is 24.3 Å². The normalized spacial score (nSPS) is 12.7. The highest BCUT2D eigenvalue weighted by Crippen LogP contribution is 2.13. The van der Waals surface area contributed by atoms with Gasteiger partial charge in [-0.05, 0) is 38.7 Å². The van der Waals surface area contributed by atoms with Crippen LogP contribution in [-0.4, -0.2) is 28.9 Å². The molecule has 1 aromatic rings. The Balaban J connectivity index is 2.70. The first-order valence-corrected chi connectivity index (χ1v) is 6.14. The molecule has 1 aromatic carbocycles. The summed E-state index contributed by atoms with van der Waals surface area (Å²) in [6, 6.07) is 6.46. The SMILES string of the molecule is C[C@H](NC(=O)OC(C)(C)C)c1cccc(B(O)O)c1. The molecule has 0 bridgehead atoms. The van der Waals surface area contributed by atoms with Gasteiger partial charge in [0.15, 0.2) is 0 Å². The number of rotatable bonds is 3. The van der Waals surface area contributed by atoms with E-state index in [0.29, 0.717) is 5.46 Å². The second-order valence-electron chi connectivity index (χ2n) is 5.41. The minimum Gasteiger partial charge on any atom is -0.444 e. The summed E-state index contributed by atoms with van der Waals surface area (Å²) in [5.74, 6) is 0. The highest BCUT2D eigenvalue weighted by Gasteiger charge is 2.19. The third-order valence-corrected chi connectivity index (χ3v) is 2.44. The summed E-state index contributed by atoms with van der Waals surface area (Å²) in [6.45, 7) is 7.17. The van der Waals surface area contributed by atoms with E-state index in [2.05, 4.69) is 5.32 Å². The molecule has 0 spiro atoms. The van der Waals surface area contributed by atoms with Crippen molar-refractivity contribution < 1.29 is 19.6 Å². The molecule has 19 heavy (non-hydrogen) atoms. The molecule has 3 N–H and O–H groups in total. The zero-order valence-electron chi connectivity index (χ0n) is 11.7. The zero-order chi connectivity index (χ0) is 14.6. The summed E-state index contributed by atoms with van der Waals surface area (Å²) in [4.78, 5) is 11.6. The topological polar surface area (TPSA) is 78.8 Å². The van der Waals surface area contributed by atoms with Crippen LogP contribution in [0.15, 0.2) is 24.3 Å². The summed E-state index contributed by atoms with van der Waals surface area (Å²) < 4.78 is 5.16. The van der Waals surface area contributed by atoms with Crippen molar-refractivity contribution in [3.05, 3.63) is 29.8 Å². The van der Waals surface area contributed by atoms with E-state index < -0.39 is 18.8 Å². The van der Waals surface area contributed by atoms with Crippen molar-refractivity contribution in [2.24, 2.45) is 0 Å². The molecule has 0 aromatic heterocycles. The van der Waals surface area contributed by atoms with Gasteiger partial charge in [0.2, 0.25) is 0 Å². The fourth-order valence-corrected chi connectivity index (χ4v) is 1.56. The van der Waals surface area contributed by atoms with Gasteiger partial charge < -0.3 is 20.1 Å². The standard InChI is InChI=1S/C13H20BNO4/c1-9(15-12(16)19-13(2,3)4)10-6-5-7-11(8-10)14(17)18/h5-9,17-18H,1-4H3,(H,15,16)/t9-/m0/s1. The molecule has 0 heterocycles. The van der Waals surface area contributed by atoms with Crippen molar-refractivity contribution in [1.82, 2.24) is 5.32 Å². The number of amides is 1. The molecule has 0 fully saturated rings. The average Bonchev–Trinajstić information content (AvgIpc) is 2.26. The summed E-state index contributed by atoms with van der Waals surface area (Å²) in [5, 5.41) is 20.9. The molecule has 1 rings (SSSR count). The number of alkyl carbamates (subject to hydrolysis) is 1. The van der Waals surface area contributed by atoms with Gasteiger partial charge in [-0.3, -0.25) is 0 Å². The maximum atomic E-state index is 11.6. The third-order valence-electron chi connectivity index (χ3n) is 2.44. The Morgan fingerprint density at radius 3 is 2.53 bits per heavy atom. The van der Waals surface area contributed by atoms with Crippen LogP contribution < -0.4 is 10.8 Å². The lowest BCUT2D eigenvalue weighted by atomic mass is 9.79. The lowest BCUT2D eigenvalue weighted by Crippen LogP contribution is -2.35.